The van der Waals surface area contributed by atoms with Gasteiger partial charge in [0.15, 0.2) is 0 Å². The van der Waals surface area contributed by atoms with E-state index in [0.717, 1.165) is 0 Å². The second-order valence-corrected chi connectivity index (χ2v) is 25.1. The van der Waals surface area contributed by atoms with Gasteiger partial charge in [-0.15, -0.1) is 0 Å². The Morgan fingerprint density at radius 1 is 0.923 bits per heavy atom. The first-order chi connectivity index (χ1) is 12.6. The predicted molar refractivity (Wildman–Crippen MR) is 111 cm³/mol. The van der Waals surface area contributed by atoms with Crippen molar-refractivity contribution in [2.75, 3.05) is 0 Å². The van der Waals surface area contributed by atoms with Crippen LogP contribution in [-0.2, 0) is 20.4 Å². The van der Waals surface area contributed by atoms with Crippen LogP contribution in [0.3, 0.4) is 0 Å². The van der Waals surface area contributed by atoms with Crippen LogP contribution in [-0.4, -0.2) is 5.43 Å². The Morgan fingerprint density at radius 3 is 2.27 bits per heavy atom. The third-order valence-corrected chi connectivity index (χ3v) is 24.3. The molecule has 2 unspecified atom stereocenters. The van der Waals surface area contributed by atoms with E-state index in [9.17, 15) is 0 Å². The van der Waals surface area contributed by atoms with Crippen LogP contribution in [0.4, 0.5) is 0 Å². The molecule has 0 N–H and O–H groups in total. The molecule has 4 rings (SSSR count). The van der Waals surface area contributed by atoms with Crippen molar-refractivity contribution >= 4 is 11.0 Å². The first-order valence-electron chi connectivity index (χ1n) is 9.51. The number of allylic oxidation sites excluding steroid dienone is 5. The summed E-state index contributed by atoms with van der Waals surface area (Å²) in [7, 11) is 0. The van der Waals surface area contributed by atoms with Gasteiger partial charge in [0.1, 0.15) is 0 Å². The zero-order chi connectivity index (χ0) is 18.3. The van der Waals surface area contributed by atoms with E-state index in [2.05, 4.69) is 99.8 Å². The van der Waals surface area contributed by atoms with E-state index < -0.39 is 20.4 Å². The first-order valence-corrected chi connectivity index (χ1v) is 18.3. The molecule has 0 nitrogen and oxygen atoms in total. The fourth-order valence-electron chi connectivity index (χ4n) is 4.51. The molecule has 2 aromatic rings. The average molecular weight is 434 g/mol. The van der Waals surface area contributed by atoms with E-state index in [4.69, 9.17) is 0 Å². The van der Waals surface area contributed by atoms with Gasteiger partial charge in [-0.2, -0.15) is 0 Å². The third kappa shape index (κ3) is 3.12. The van der Waals surface area contributed by atoms with Gasteiger partial charge in [-0.3, -0.25) is 0 Å². The van der Waals surface area contributed by atoms with E-state index in [-0.39, 0.29) is 5.43 Å². The normalized spacial score (nSPS) is 21.0. The van der Waals surface area contributed by atoms with Crippen LogP contribution in [0.1, 0.15) is 34.2 Å². The van der Waals surface area contributed by atoms with Crippen molar-refractivity contribution in [3.05, 3.63) is 98.4 Å². The minimum absolute atomic E-state index is 0.296. The maximum absolute atomic E-state index is 2.65. The zero-order valence-corrected chi connectivity index (χ0v) is 19.5. The predicted octanol–water partition coefficient (Wildman–Crippen LogP) is 6.52. The van der Waals surface area contributed by atoms with Crippen LogP contribution in [0.25, 0.3) is 5.57 Å². The maximum atomic E-state index is 2.65. The zero-order valence-electron chi connectivity index (χ0n) is 16.1. The van der Waals surface area contributed by atoms with Gasteiger partial charge in [-0.25, -0.2) is 0 Å². The van der Waals surface area contributed by atoms with Crippen LogP contribution >= 0.6 is 0 Å². The Kier molecular flexibility index (Phi) is 5.17. The molecule has 0 spiro atoms. The third-order valence-electron chi connectivity index (χ3n) is 5.66. The van der Waals surface area contributed by atoms with Crippen molar-refractivity contribution in [3.63, 3.8) is 0 Å². The molecule has 2 aromatic carbocycles. The van der Waals surface area contributed by atoms with Crippen molar-refractivity contribution in [1.29, 1.82) is 0 Å². The van der Waals surface area contributed by atoms with E-state index in [1.165, 1.54) is 16.7 Å². The summed E-state index contributed by atoms with van der Waals surface area (Å²) in [6, 6.07) is 20.2. The number of rotatable bonds is 3. The molecule has 0 radical (unpaired) electrons. The first kappa shape index (κ1) is 18.1. The molecule has 0 aromatic heterocycles. The summed E-state index contributed by atoms with van der Waals surface area (Å²) >= 11 is -1.80. The molecular weight excluding hydrogens is 408 g/mol. The van der Waals surface area contributed by atoms with Gasteiger partial charge in [0.25, 0.3) is 0 Å². The Balaban J connectivity index is 1.90. The van der Waals surface area contributed by atoms with Crippen molar-refractivity contribution in [3.8, 4) is 0 Å². The molecule has 0 amide bonds. The van der Waals surface area contributed by atoms with Crippen molar-refractivity contribution in [1.82, 2.24) is 0 Å². The van der Waals surface area contributed by atoms with E-state index in [1.54, 1.807) is 11.1 Å². The molecular formula is C24H26SiZr. The number of fused-ring (bicyclic) bond motifs is 1. The van der Waals surface area contributed by atoms with Gasteiger partial charge >= 0.3 is 166 Å². The Morgan fingerprint density at radius 2 is 1.62 bits per heavy atom. The summed E-state index contributed by atoms with van der Waals surface area (Å²) in [4.78, 5) is 0. The van der Waals surface area contributed by atoms with Crippen LogP contribution < -0.4 is 0 Å². The molecule has 2 heteroatoms. The molecule has 130 valence electrons. The molecule has 2 aliphatic rings. The molecule has 0 saturated heterocycles. The van der Waals surface area contributed by atoms with Gasteiger partial charge in [0.05, 0.1) is 0 Å². The topological polar surface area (TPSA) is 0 Å². The molecule has 0 saturated carbocycles. The standard InChI is InChI=1S/C15H11.C7H9.C2H6Si.Zr/c1-2-6-12(7-3-1)15-11-10-13-8-4-5-9-14(13)15;1-6-3-4-7(2)5-6;1-3-2;/h1-11H;3-4,6H,1-2H3;1-2H3;. The van der Waals surface area contributed by atoms with Crippen molar-refractivity contribution in [2.45, 2.75) is 30.6 Å². The SMILES string of the molecule is CC1=[C]([Zr]([CH]2C=C(c3ccccc3)c3ccccc32)=[Si](C)C)C(C)C=C1. The van der Waals surface area contributed by atoms with Gasteiger partial charge in [0.2, 0.25) is 0 Å². The number of hydrogen-bond donors (Lipinski definition) is 0. The molecule has 0 aliphatic heterocycles. The fraction of sp³-hybridized carbons (Fsp3) is 0.250. The Hall–Kier alpha value is -1.24. The fourth-order valence-corrected chi connectivity index (χ4v) is 23.9. The van der Waals surface area contributed by atoms with Crippen LogP contribution in [0, 0.1) is 5.92 Å². The summed E-state index contributed by atoms with van der Waals surface area (Å²) in [6.07, 6.45) is 7.46. The summed E-state index contributed by atoms with van der Waals surface area (Å²) in [5, 5.41) is 0. The summed E-state index contributed by atoms with van der Waals surface area (Å²) in [5.74, 6) is 0.658. The van der Waals surface area contributed by atoms with Crippen LogP contribution in [0.15, 0.2) is 81.7 Å². The molecule has 2 aliphatic carbocycles. The number of benzene rings is 2. The molecule has 26 heavy (non-hydrogen) atoms. The summed E-state index contributed by atoms with van der Waals surface area (Å²) in [6.45, 7) is 9.91. The summed E-state index contributed by atoms with van der Waals surface area (Å²) < 4.78 is 2.57. The molecule has 0 fully saturated rings. The van der Waals surface area contributed by atoms with Crippen LogP contribution in [0.2, 0.25) is 13.1 Å². The van der Waals surface area contributed by atoms with Crippen molar-refractivity contribution in [2.24, 2.45) is 5.92 Å². The molecule has 0 bridgehead atoms. The minimum atomic E-state index is -1.80. The van der Waals surface area contributed by atoms with E-state index in [1.807, 2.05) is 3.28 Å². The van der Waals surface area contributed by atoms with Gasteiger partial charge in [-0.05, 0) is 0 Å². The van der Waals surface area contributed by atoms with Gasteiger partial charge in [0, 0.05) is 0 Å². The second-order valence-electron chi connectivity index (χ2n) is 7.67. The number of hydrogen-bond acceptors (Lipinski definition) is 0. The quantitative estimate of drug-likeness (QED) is 0.483. The summed E-state index contributed by atoms with van der Waals surface area (Å²) in [5.41, 5.74) is 7.19. The average Bonchev–Trinajstić information content (AvgIpc) is 3.18. The van der Waals surface area contributed by atoms with Crippen molar-refractivity contribution < 1.29 is 20.4 Å². The Bertz CT molecular complexity index is 972. The van der Waals surface area contributed by atoms with Gasteiger partial charge in [-0.1, -0.05) is 0 Å². The Labute approximate surface area is 165 Å². The van der Waals surface area contributed by atoms with E-state index in [0.29, 0.717) is 9.54 Å². The van der Waals surface area contributed by atoms with Crippen LogP contribution in [0.5, 0.6) is 0 Å². The second kappa shape index (κ2) is 7.41. The van der Waals surface area contributed by atoms with E-state index >= 15 is 0 Å². The monoisotopic (exact) mass is 432 g/mol. The molecule has 2 atom stereocenters. The molecule has 0 heterocycles. The van der Waals surface area contributed by atoms with Gasteiger partial charge < -0.3 is 0 Å².